The van der Waals surface area contributed by atoms with E-state index in [0.29, 0.717) is 12.8 Å². The lowest BCUT2D eigenvalue weighted by molar-refractivity contribution is -0.305. The molecule has 0 aromatic heterocycles. The van der Waals surface area contributed by atoms with Crippen molar-refractivity contribution in [2.24, 2.45) is 0 Å². The maximum absolute atomic E-state index is 13.4. The number of aliphatic hydroxyl groups excluding tert-OH is 5. The molecule has 11 nitrogen and oxygen atoms in total. The standard InChI is InChI=1S/C66H121NO10/c1-4-7-10-13-16-19-22-25-26-27-28-29-30-31-32-33-34-36-39-42-45-48-51-54-61(71)77-64-63(73)62(72)60(55-68)76-66(64)75-56-57(58(69)52-49-46-43-40-37-24-21-18-15-12-9-6-3)67-65(74)59(70)53-50-47-44-41-38-35-23-20-17-14-11-8-5-2/h8,11,17,20,35,38,49,52,57-60,62-64,66,68-70,72-73H,4-7,9-10,12-16,18-19,21-34,36-37,39-48,50-51,53-56H2,1-3H3,(H,67,74)/b11-8+,20-17+,38-35+,52-49+. The van der Waals surface area contributed by atoms with Gasteiger partial charge >= 0.3 is 5.97 Å². The second-order valence-electron chi connectivity index (χ2n) is 22.5. The molecule has 0 radical (unpaired) electrons. The Bertz CT molecular complexity index is 1440. The van der Waals surface area contributed by atoms with Crippen molar-refractivity contribution >= 4 is 11.9 Å². The number of amides is 1. The number of esters is 1. The fraction of sp³-hybridized carbons (Fsp3) is 0.848. The van der Waals surface area contributed by atoms with E-state index >= 15 is 0 Å². The monoisotopic (exact) mass is 1090 g/mol. The van der Waals surface area contributed by atoms with Crippen molar-refractivity contribution in [3.63, 3.8) is 0 Å². The topological polar surface area (TPSA) is 175 Å². The number of allylic oxidation sites excluding steroid dienone is 7. The van der Waals surface area contributed by atoms with Gasteiger partial charge in [-0.15, -0.1) is 0 Å². The summed E-state index contributed by atoms with van der Waals surface area (Å²) in [5.41, 5.74) is 0. The minimum atomic E-state index is -1.62. The molecular formula is C66H121NO10. The maximum atomic E-state index is 13.4. The van der Waals surface area contributed by atoms with Crippen LogP contribution < -0.4 is 5.32 Å². The molecule has 1 saturated heterocycles. The molecule has 0 spiro atoms. The van der Waals surface area contributed by atoms with Crippen LogP contribution in [0.2, 0.25) is 0 Å². The van der Waals surface area contributed by atoms with E-state index in [-0.39, 0.29) is 19.4 Å². The van der Waals surface area contributed by atoms with Crippen LogP contribution in [-0.2, 0) is 23.8 Å². The second kappa shape index (κ2) is 54.2. The Kier molecular flexibility index (Phi) is 51.1. The molecule has 1 amide bonds. The molecule has 1 aliphatic rings. The molecule has 0 aromatic rings. The number of ether oxygens (including phenoxy) is 3. The zero-order chi connectivity index (χ0) is 56.1. The van der Waals surface area contributed by atoms with Crippen LogP contribution in [0.3, 0.4) is 0 Å². The summed E-state index contributed by atoms with van der Waals surface area (Å²) in [6, 6.07) is -1.03. The zero-order valence-corrected chi connectivity index (χ0v) is 49.8. The van der Waals surface area contributed by atoms with Crippen LogP contribution in [0.1, 0.15) is 297 Å². The predicted molar refractivity (Wildman–Crippen MR) is 320 cm³/mol. The lowest BCUT2D eigenvalue weighted by Gasteiger charge is -2.41. The van der Waals surface area contributed by atoms with Crippen molar-refractivity contribution < 1.29 is 49.3 Å². The second-order valence-corrected chi connectivity index (χ2v) is 22.5. The number of carbonyl (C=O) groups is 2. The first-order valence-corrected chi connectivity index (χ1v) is 32.4. The van der Waals surface area contributed by atoms with E-state index in [4.69, 9.17) is 14.2 Å². The number of rotatable bonds is 55. The molecule has 11 heteroatoms. The molecule has 1 heterocycles. The zero-order valence-electron chi connectivity index (χ0n) is 49.8. The fourth-order valence-electron chi connectivity index (χ4n) is 10.1. The molecule has 1 rings (SSSR count). The van der Waals surface area contributed by atoms with Crippen LogP contribution in [0.4, 0.5) is 0 Å². The molecule has 1 fully saturated rings. The summed E-state index contributed by atoms with van der Waals surface area (Å²) in [5, 5.41) is 56.9. The van der Waals surface area contributed by atoms with Crippen LogP contribution in [0.25, 0.3) is 0 Å². The Morgan fingerprint density at radius 2 is 0.935 bits per heavy atom. The highest BCUT2D eigenvalue weighted by Gasteiger charge is 2.47. The molecule has 77 heavy (non-hydrogen) atoms. The quantitative estimate of drug-likeness (QED) is 0.0195. The summed E-state index contributed by atoms with van der Waals surface area (Å²) < 4.78 is 17.6. The third-order valence-corrected chi connectivity index (χ3v) is 15.2. The lowest BCUT2D eigenvalue weighted by atomic mass is 9.99. The Morgan fingerprint density at radius 3 is 1.40 bits per heavy atom. The molecular weight excluding hydrogens is 967 g/mol. The molecule has 8 unspecified atom stereocenters. The molecule has 0 saturated carbocycles. The van der Waals surface area contributed by atoms with E-state index in [2.05, 4.69) is 62.5 Å². The summed E-state index contributed by atoms with van der Waals surface area (Å²) in [7, 11) is 0. The van der Waals surface area contributed by atoms with Gasteiger partial charge in [-0.1, -0.05) is 281 Å². The van der Waals surface area contributed by atoms with Crippen LogP contribution in [0.15, 0.2) is 48.6 Å². The van der Waals surface area contributed by atoms with Crippen molar-refractivity contribution in [1.29, 1.82) is 0 Å². The summed E-state index contributed by atoms with van der Waals surface area (Å²) in [5.74, 6) is -1.21. The summed E-state index contributed by atoms with van der Waals surface area (Å²) in [6.45, 7) is 5.68. The Balaban J connectivity index is 2.60. The highest BCUT2D eigenvalue weighted by atomic mass is 16.7. The van der Waals surface area contributed by atoms with Crippen LogP contribution in [0.5, 0.6) is 0 Å². The van der Waals surface area contributed by atoms with Crippen molar-refractivity contribution in [2.75, 3.05) is 13.2 Å². The van der Waals surface area contributed by atoms with Gasteiger partial charge in [0.25, 0.3) is 0 Å². The third-order valence-electron chi connectivity index (χ3n) is 15.2. The number of carbonyl (C=O) groups excluding carboxylic acids is 2. The average Bonchev–Trinajstić information content (AvgIpc) is 3.43. The van der Waals surface area contributed by atoms with Gasteiger partial charge in [-0.25, -0.2) is 0 Å². The van der Waals surface area contributed by atoms with Gasteiger partial charge in [0.1, 0.15) is 24.4 Å². The van der Waals surface area contributed by atoms with Gasteiger partial charge in [0, 0.05) is 6.42 Å². The molecule has 8 atom stereocenters. The van der Waals surface area contributed by atoms with Gasteiger partial charge < -0.3 is 45.1 Å². The summed E-state index contributed by atoms with van der Waals surface area (Å²) >= 11 is 0. The highest BCUT2D eigenvalue weighted by molar-refractivity contribution is 5.80. The van der Waals surface area contributed by atoms with Gasteiger partial charge in [-0.05, 0) is 57.8 Å². The number of hydrogen-bond acceptors (Lipinski definition) is 10. The van der Waals surface area contributed by atoms with Crippen LogP contribution in [-0.4, -0.2) is 99.6 Å². The van der Waals surface area contributed by atoms with Gasteiger partial charge in [0.05, 0.1) is 25.4 Å². The number of unbranched alkanes of at least 4 members (excludes halogenated alkanes) is 35. The minimum Gasteiger partial charge on any atom is -0.454 e. The van der Waals surface area contributed by atoms with Crippen LogP contribution in [0, 0.1) is 0 Å². The van der Waals surface area contributed by atoms with Crippen molar-refractivity contribution in [3.8, 4) is 0 Å². The first-order chi connectivity index (χ1) is 37.7. The maximum Gasteiger partial charge on any atom is 0.306 e. The molecule has 0 aromatic carbocycles. The number of nitrogens with one attached hydrogen (secondary N) is 1. The Morgan fingerprint density at radius 1 is 0.519 bits per heavy atom. The van der Waals surface area contributed by atoms with E-state index in [9.17, 15) is 35.1 Å². The van der Waals surface area contributed by atoms with Crippen LogP contribution >= 0.6 is 0 Å². The SMILES string of the molecule is CC/C=C/C/C=C/C/C=C/CCCCCC(O)C(=O)NC(COC1OC(CO)C(O)C(O)C1OC(=O)CCCCCCCCCCCCCCCCCCCCCCCCC)C(O)/C=C/CCCCCCCCCCCC. The van der Waals surface area contributed by atoms with E-state index in [1.54, 1.807) is 6.08 Å². The Labute approximate surface area is 472 Å². The van der Waals surface area contributed by atoms with Gasteiger partial charge in [-0.2, -0.15) is 0 Å². The molecule has 1 aliphatic heterocycles. The van der Waals surface area contributed by atoms with E-state index < -0.39 is 67.4 Å². The third kappa shape index (κ3) is 42.2. The Hall–Kier alpha value is -2.38. The molecule has 6 N–H and O–H groups in total. The highest BCUT2D eigenvalue weighted by Crippen LogP contribution is 2.26. The minimum absolute atomic E-state index is 0.125. The van der Waals surface area contributed by atoms with Crippen molar-refractivity contribution in [1.82, 2.24) is 5.32 Å². The van der Waals surface area contributed by atoms with E-state index in [0.717, 1.165) is 77.0 Å². The molecule has 0 aliphatic carbocycles. The van der Waals surface area contributed by atoms with E-state index in [1.807, 2.05) is 6.08 Å². The normalized spacial score (nSPS) is 19.3. The first kappa shape index (κ1) is 72.6. The van der Waals surface area contributed by atoms with Gasteiger partial charge in [0.2, 0.25) is 5.91 Å². The van der Waals surface area contributed by atoms with Gasteiger partial charge in [-0.3, -0.25) is 9.59 Å². The predicted octanol–water partition coefficient (Wildman–Crippen LogP) is 15.6. The number of aliphatic hydroxyl groups is 5. The van der Waals surface area contributed by atoms with Crippen molar-refractivity contribution in [2.45, 2.75) is 346 Å². The molecule has 0 bridgehead atoms. The first-order valence-electron chi connectivity index (χ1n) is 32.4. The van der Waals surface area contributed by atoms with Gasteiger partial charge in [0.15, 0.2) is 12.4 Å². The average molecular weight is 1090 g/mol. The smallest absolute Gasteiger partial charge is 0.306 e. The fourth-order valence-corrected chi connectivity index (χ4v) is 10.1. The van der Waals surface area contributed by atoms with Crippen molar-refractivity contribution in [3.05, 3.63) is 48.6 Å². The summed E-state index contributed by atoms with van der Waals surface area (Å²) in [4.78, 5) is 26.5. The van der Waals surface area contributed by atoms with E-state index in [1.165, 1.54) is 173 Å². The largest absolute Gasteiger partial charge is 0.454 e. The number of hydrogen-bond donors (Lipinski definition) is 6. The lowest BCUT2D eigenvalue weighted by Crippen LogP contribution is -2.61. The summed E-state index contributed by atoms with van der Waals surface area (Å²) in [6.07, 6.45) is 55.9. The molecule has 450 valence electrons.